The molecule has 1 unspecified atom stereocenters. The molecule has 0 saturated carbocycles. The standard InChI is InChI=1S/C20H16F2N2/c1-13-20-17-12-16(22)6-7-18(17)24(19(20)8-10-23-13)11-9-14-2-4-15(21)5-3-14/h2-7,12-13,23H,8,10H2,1H3. The van der Waals surface area contributed by atoms with E-state index in [0.717, 1.165) is 40.7 Å². The molecule has 0 bridgehead atoms. The summed E-state index contributed by atoms with van der Waals surface area (Å²) >= 11 is 0. The minimum atomic E-state index is -0.278. The smallest absolute Gasteiger partial charge is 0.123 e. The lowest BCUT2D eigenvalue weighted by Gasteiger charge is -2.21. The van der Waals surface area contributed by atoms with E-state index in [0.29, 0.717) is 0 Å². The molecule has 0 spiro atoms. The van der Waals surface area contributed by atoms with Crippen molar-refractivity contribution in [3.63, 3.8) is 0 Å². The van der Waals surface area contributed by atoms with Gasteiger partial charge in [0.05, 0.1) is 5.52 Å². The Morgan fingerprint density at radius 3 is 2.62 bits per heavy atom. The molecule has 0 amide bonds. The summed E-state index contributed by atoms with van der Waals surface area (Å²) in [7, 11) is 0. The fourth-order valence-corrected chi connectivity index (χ4v) is 3.36. The summed E-state index contributed by atoms with van der Waals surface area (Å²) in [6, 6.07) is 14.2. The Morgan fingerprint density at radius 1 is 1.08 bits per heavy atom. The van der Waals surface area contributed by atoms with Crippen molar-refractivity contribution in [3.8, 4) is 12.0 Å². The van der Waals surface area contributed by atoms with Crippen LogP contribution in [0.25, 0.3) is 10.9 Å². The van der Waals surface area contributed by atoms with Crippen LogP contribution in [0.2, 0.25) is 0 Å². The predicted octanol–water partition coefficient (Wildman–Crippen LogP) is 3.98. The average Bonchev–Trinajstić information content (AvgIpc) is 2.88. The van der Waals surface area contributed by atoms with E-state index >= 15 is 0 Å². The van der Waals surface area contributed by atoms with Crippen LogP contribution in [0.4, 0.5) is 8.78 Å². The van der Waals surface area contributed by atoms with Gasteiger partial charge in [0.1, 0.15) is 11.6 Å². The lowest BCUT2D eigenvalue weighted by molar-refractivity contribution is 0.536. The molecular weight excluding hydrogens is 306 g/mol. The Morgan fingerprint density at radius 2 is 1.83 bits per heavy atom. The summed E-state index contributed by atoms with van der Waals surface area (Å²) in [6.07, 6.45) is 0.841. The van der Waals surface area contributed by atoms with Gasteiger partial charge in [-0.2, -0.15) is 0 Å². The molecule has 3 aromatic rings. The number of hydrogen-bond donors (Lipinski definition) is 1. The summed E-state index contributed by atoms with van der Waals surface area (Å²) in [5, 5.41) is 4.32. The molecule has 2 aromatic carbocycles. The van der Waals surface area contributed by atoms with E-state index in [4.69, 9.17) is 0 Å². The van der Waals surface area contributed by atoms with Crippen molar-refractivity contribution in [1.82, 2.24) is 9.88 Å². The van der Waals surface area contributed by atoms with Crippen molar-refractivity contribution in [1.29, 1.82) is 0 Å². The maximum Gasteiger partial charge on any atom is 0.123 e. The number of nitrogens with one attached hydrogen (secondary N) is 1. The van der Waals surface area contributed by atoms with Gasteiger partial charge in [-0.3, -0.25) is 4.57 Å². The number of nitrogens with zero attached hydrogens (tertiary/aromatic N) is 1. The number of aromatic nitrogens is 1. The van der Waals surface area contributed by atoms with E-state index in [2.05, 4.69) is 24.2 Å². The van der Waals surface area contributed by atoms with Crippen LogP contribution in [0.1, 0.15) is 29.8 Å². The van der Waals surface area contributed by atoms with Crippen LogP contribution in [-0.2, 0) is 6.42 Å². The molecule has 1 aromatic heterocycles. The first-order valence-corrected chi connectivity index (χ1v) is 7.97. The molecule has 0 radical (unpaired) electrons. The van der Waals surface area contributed by atoms with Crippen molar-refractivity contribution in [2.24, 2.45) is 0 Å². The van der Waals surface area contributed by atoms with E-state index in [1.165, 1.54) is 18.2 Å². The van der Waals surface area contributed by atoms with Gasteiger partial charge in [-0.1, -0.05) is 0 Å². The monoisotopic (exact) mass is 322 g/mol. The minimum Gasteiger partial charge on any atom is -0.310 e. The topological polar surface area (TPSA) is 17.0 Å². The van der Waals surface area contributed by atoms with Crippen molar-refractivity contribution in [2.45, 2.75) is 19.4 Å². The largest absolute Gasteiger partial charge is 0.310 e. The second-order valence-electron chi connectivity index (χ2n) is 6.03. The Labute approximate surface area is 139 Å². The summed E-state index contributed by atoms with van der Waals surface area (Å²) in [6.45, 7) is 2.95. The van der Waals surface area contributed by atoms with Gasteiger partial charge < -0.3 is 5.32 Å². The van der Waals surface area contributed by atoms with Crippen LogP contribution in [0.5, 0.6) is 0 Å². The fourth-order valence-electron chi connectivity index (χ4n) is 3.36. The fraction of sp³-hybridized carbons (Fsp3) is 0.200. The zero-order valence-corrected chi connectivity index (χ0v) is 13.2. The molecule has 4 rings (SSSR count). The molecule has 4 heteroatoms. The average molecular weight is 322 g/mol. The van der Waals surface area contributed by atoms with Gasteiger partial charge in [-0.15, -0.1) is 0 Å². The maximum atomic E-state index is 13.7. The Bertz CT molecular complexity index is 975. The molecule has 0 fully saturated rings. The van der Waals surface area contributed by atoms with E-state index in [1.807, 2.05) is 4.57 Å². The molecule has 2 heterocycles. The van der Waals surface area contributed by atoms with Gasteiger partial charge in [0.2, 0.25) is 0 Å². The SMILES string of the molecule is CC1NCCc2c1c1cc(F)ccc1n2C#Cc1ccc(F)cc1. The molecular formula is C20H16F2N2. The van der Waals surface area contributed by atoms with E-state index in [-0.39, 0.29) is 17.7 Å². The van der Waals surface area contributed by atoms with Gasteiger partial charge in [0.25, 0.3) is 0 Å². The lowest BCUT2D eigenvalue weighted by Crippen LogP contribution is -2.28. The van der Waals surface area contributed by atoms with Gasteiger partial charge >= 0.3 is 0 Å². The van der Waals surface area contributed by atoms with E-state index in [1.54, 1.807) is 24.3 Å². The zero-order chi connectivity index (χ0) is 16.7. The summed E-state index contributed by atoms with van der Waals surface area (Å²) in [5.41, 5.74) is 3.89. The highest BCUT2D eigenvalue weighted by molar-refractivity contribution is 5.87. The predicted molar refractivity (Wildman–Crippen MR) is 90.7 cm³/mol. The second-order valence-corrected chi connectivity index (χ2v) is 6.03. The molecule has 2 nitrogen and oxygen atoms in total. The van der Waals surface area contributed by atoms with Crippen LogP contribution >= 0.6 is 0 Å². The van der Waals surface area contributed by atoms with E-state index < -0.39 is 0 Å². The quantitative estimate of drug-likeness (QED) is 0.620. The van der Waals surface area contributed by atoms with Crippen LogP contribution < -0.4 is 5.32 Å². The third-order valence-corrected chi connectivity index (χ3v) is 4.47. The molecule has 24 heavy (non-hydrogen) atoms. The molecule has 120 valence electrons. The minimum absolute atomic E-state index is 0.159. The number of halogens is 2. The van der Waals surface area contributed by atoms with Crippen LogP contribution in [-0.4, -0.2) is 11.1 Å². The summed E-state index contributed by atoms with van der Waals surface area (Å²) in [4.78, 5) is 0. The third-order valence-electron chi connectivity index (χ3n) is 4.47. The highest BCUT2D eigenvalue weighted by Gasteiger charge is 2.24. The van der Waals surface area contributed by atoms with Crippen LogP contribution in [0.15, 0.2) is 42.5 Å². The van der Waals surface area contributed by atoms with Gasteiger partial charge in [-0.25, -0.2) is 8.78 Å². The van der Waals surface area contributed by atoms with Crippen molar-refractivity contribution >= 4 is 10.9 Å². The normalized spacial score (nSPS) is 16.5. The first-order chi connectivity index (χ1) is 11.6. The molecule has 1 aliphatic rings. The van der Waals surface area contributed by atoms with Crippen molar-refractivity contribution < 1.29 is 8.78 Å². The first-order valence-electron chi connectivity index (χ1n) is 7.97. The number of benzene rings is 2. The Balaban J connectivity index is 1.91. The van der Waals surface area contributed by atoms with Gasteiger partial charge in [0, 0.05) is 41.7 Å². The van der Waals surface area contributed by atoms with Crippen molar-refractivity contribution in [3.05, 3.63) is 70.9 Å². The number of rotatable bonds is 0. The Kier molecular flexibility index (Phi) is 3.59. The third kappa shape index (κ3) is 2.47. The zero-order valence-electron chi connectivity index (χ0n) is 13.2. The molecule has 0 saturated heterocycles. The Hall–Kier alpha value is -2.64. The number of hydrogen-bond acceptors (Lipinski definition) is 1. The maximum absolute atomic E-state index is 13.7. The second kappa shape index (κ2) is 5.77. The molecule has 1 N–H and O–H groups in total. The lowest BCUT2D eigenvalue weighted by atomic mass is 9.99. The molecule has 0 aliphatic carbocycles. The van der Waals surface area contributed by atoms with Crippen LogP contribution in [0.3, 0.4) is 0 Å². The van der Waals surface area contributed by atoms with Crippen LogP contribution in [0, 0.1) is 23.6 Å². The van der Waals surface area contributed by atoms with Gasteiger partial charge in [-0.05, 0) is 60.9 Å². The van der Waals surface area contributed by atoms with E-state index in [9.17, 15) is 8.78 Å². The van der Waals surface area contributed by atoms with Crippen molar-refractivity contribution in [2.75, 3.05) is 6.54 Å². The highest BCUT2D eigenvalue weighted by Crippen LogP contribution is 2.33. The highest BCUT2D eigenvalue weighted by atomic mass is 19.1. The first kappa shape index (κ1) is 14.9. The van der Waals surface area contributed by atoms with Gasteiger partial charge in [0.15, 0.2) is 0 Å². The summed E-state index contributed by atoms with van der Waals surface area (Å²) in [5.74, 6) is 2.56. The molecule has 1 atom stereocenters. The molecule has 1 aliphatic heterocycles. The summed E-state index contributed by atoms with van der Waals surface area (Å²) < 4.78 is 28.7. The number of fused-ring (bicyclic) bond motifs is 3.